The molecule has 8 heteroatoms. The lowest BCUT2D eigenvalue weighted by atomic mass is 10.1. The number of hydrogen-bond acceptors (Lipinski definition) is 4. The lowest BCUT2D eigenvalue weighted by Gasteiger charge is -2.13. The van der Waals surface area contributed by atoms with Crippen molar-refractivity contribution in [2.75, 3.05) is 18.5 Å². The van der Waals surface area contributed by atoms with E-state index in [1.54, 1.807) is 0 Å². The van der Waals surface area contributed by atoms with Crippen LogP contribution in [-0.2, 0) is 27.6 Å². The van der Waals surface area contributed by atoms with E-state index in [1.165, 1.54) is 29.3 Å². The van der Waals surface area contributed by atoms with Crippen molar-refractivity contribution in [1.82, 2.24) is 4.72 Å². The fourth-order valence-corrected chi connectivity index (χ4v) is 5.38. The highest BCUT2D eigenvalue weighted by atomic mass is 35.5. The second-order valence-electron chi connectivity index (χ2n) is 7.42. The highest BCUT2D eigenvalue weighted by Crippen LogP contribution is 2.26. The summed E-state index contributed by atoms with van der Waals surface area (Å²) >= 11 is 6.12. The molecule has 6 nitrogen and oxygen atoms in total. The molecule has 0 bridgehead atoms. The molecule has 0 spiro atoms. The van der Waals surface area contributed by atoms with E-state index in [-0.39, 0.29) is 34.0 Å². The van der Waals surface area contributed by atoms with Crippen LogP contribution in [0.2, 0.25) is 5.02 Å². The quantitative estimate of drug-likeness (QED) is 0.728. The molecular weight excluding hydrogens is 412 g/mol. The first-order valence-electron chi connectivity index (χ1n) is 9.76. The van der Waals surface area contributed by atoms with Crippen LogP contribution in [0.3, 0.4) is 0 Å². The van der Waals surface area contributed by atoms with Crippen molar-refractivity contribution >= 4 is 33.2 Å². The molecule has 154 valence electrons. The molecule has 1 heterocycles. The summed E-state index contributed by atoms with van der Waals surface area (Å²) in [5.41, 5.74) is 3.50. The van der Waals surface area contributed by atoms with Crippen LogP contribution in [0.25, 0.3) is 0 Å². The SMILES string of the molecule is O=C(Nc1ccc2c(c1)CCC2)c1ccc(Cl)c(S(=O)(=O)NC[C@@H]2CCCO2)c1. The molecule has 1 aliphatic carbocycles. The van der Waals surface area contributed by atoms with Gasteiger partial charge in [-0.1, -0.05) is 17.7 Å². The second-order valence-corrected chi connectivity index (χ2v) is 9.57. The predicted octanol–water partition coefficient (Wildman–Crippen LogP) is 3.54. The van der Waals surface area contributed by atoms with E-state index in [9.17, 15) is 13.2 Å². The standard InChI is InChI=1S/C21H23ClN2O4S/c22-19-9-7-16(12-20(19)29(26,27)23-13-18-5-2-10-28-18)21(25)24-17-8-6-14-3-1-4-15(14)11-17/h6-9,11-12,18,23H,1-5,10,13H2,(H,24,25)/t18-/m0/s1. The van der Waals surface area contributed by atoms with Gasteiger partial charge in [-0.2, -0.15) is 0 Å². The molecule has 2 aromatic rings. The Kier molecular flexibility index (Phi) is 5.92. The Hall–Kier alpha value is -1.93. The number of benzene rings is 2. The minimum Gasteiger partial charge on any atom is -0.377 e. The minimum atomic E-state index is -3.86. The van der Waals surface area contributed by atoms with E-state index in [1.807, 2.05) is 18.2 Å². The number of halogens is 1. The van der Waals surface area contributed by atoms with Crippen molar-refractivity contribution in [2.24, 2.45) is 0 Å². The van der Waals surface area contributed by atoms with E-state index in [0.29, 0.717) is 12.3 Å². The molecule has 1 saturated heterocycles. The topological polar surface area (TPSA) is 84.5 Å². The Morgan fingerprint density at radius 1 is 1.10 bits per heavy atom. The number of aryl methyl sites for hydroxylation is 2. The zero-order chi connectivity index (χ0) is 20.4. The van der Waals surface area contributed by atoms with Crippen LogP contribution in [0.4, 0.5) is 5.69 Å². The molecule has 2 aromatic carbocycles. The van der Waals surface area contributed by atoms with Crippen LogP contribution in [-0.4, -0.2) is 33.6 Å². The van der Waals surface area contributed by atoms with Crippen molar-refractivity contribution in [3.8, 4) is 0 Å². The summed E-state index contributed by atoms with van der Waals surface area (Å²) in [6.45, 7) is 0.829. The molecule has 1 amide bonds. The smallest absolute Gasteiger partial charge is 0.255 e. The number of ether oxygens (including phenoxy) is 1. The first-order valence-corrected chi connectivity index (χ1v) is 11.6. The van der Waals surface area contributed by atoms with Crippen LogP contribution in [0.1, 0.15) is 40.7 Å². The first-order chi connectivity index (χ1) is 13.9. The average molecular weight is 435 g/mol. The number of hydrogen-bond donors (Lipinski definition) is 2. The number of fused-ring (bicyclic) bond motifs is 1. The number of amides is 1. The van der Waals surface area contributed by atoms with Crippen molar-refractivity contribution in [3.05, 3.63) is 58.1 Å². The zero-order valence-electron chi connectivity index (χ0n) is 15.9. The number of nitrogens with one attached hydrogen (secondary N) is 2. The van der Waals surface area contributed by atoms with E-state index < -0.39 is 10.0 Å². The summed E-state index contributed by atoms with van der Waals surface area (Å²) in [4.78, 5) is 12.6. The molecule has 29 heavy (non-hydrogen) atoms. The van der Waals surface area contributed by atoms with Gasteiger partial charge in [0.2, 0.25) is 10.0 Å². The molecule has 1 atom stereocenters. The number of sulfonamides is 1. The van der Waals surface area contributed by atoms with Crippen LogP contribution in [0.5, 0.6) is 0 Å². The summed E-state index contributed by atoms with van der Waals surface area (Å²) in [6.07, 6.45) is 4.82. The Balaban J connectivity index is 1.50. The second kappa shape index (κ2) is 8.44. The van der Waals surface area contributed by atoms with Crippen molar-refractivity contribution in [1.29, 1.82) is 0 Å². The summed E-state index contributed by atoms with van der Waals surface area (Å²) in [6, 6.07) is 10.1. The van der Waals surface area contributed by atoms with Gasteiger partial charge in [-0.3, -0.25) is 4.79 Å². The van der Waals surface area contributed by atoms with Gasteiger partial charge in [-0.25, -0.2) is 13.1 Å². The number of carbonyl (C=O) groups excluding carboxylic acids is 1. The van der Waals surface area contributed by atoms with E-state index in [0.717, 1.165) is 32.1 Å². The monoisotopic (exact) mass is 434 g/mol. The van der Waals surface area contributed by atoms with E-state index in [4.69, 9.17) is 16.3 Å². The Bertz CT molecular complexity index is 1030. The van der Waals surface area contributed by atoms with E-state index >= 15 is 0 Å². The van der Waals surface area contributed by atoms with Crippen LogP contribution < -0.4 is 10.0 Å². The van der Waals surface area contributed by atoms with Crippen LogP contribution >= 0.6 is 11.6 Å². The van der Waals surface area contributed by atoms with Gasteiger partial charge in [0.15, 0.2) is 0 Å². The van der Waals surface area contributed by atoms with Crippen molar-refractivity contribution in [3.63, 3.8) is 0 Å². The maximum absolute atomic E-state index is 12.7. The molecule has 1 fully saturated rings. The normalized spacial score (nSPS) is 18.6. The molecule has 0 unspecified atom stereocenters. The lowest BCUT2D eigenvalue weighted by molar-refractivity contribution is 0.102. The summed E-state index contributed by atoms with van der Waals surface area (Å²) in [7, 11) is -3.86. The van der Waals surface area contributed by atoms with Gasteiger partial charge < -0.3 is 10.1 Å². The Morgan fingerprint density at radius 2 is 1.93 bits per heavy atom. The zero-order valence-corrected chi connectivity index (χ0v) is 17.5. The molecule has 0 aromatic heterocycles. The largest absolute Gasteiger partial charge is 0.377 e. The third kappa shape index (κ3) is 4.64. The van der Waals surface area contributed by atoms with Crippen LogP contribution in [0, 0.1) is 0 Å². The highest BCUT2D eigenvalue weighted by molar-refractivity contribution is 7.89. The number of carbonyl (C=O) groups is 1. The molecular formula is C21H23ClN2O4S. The number of rotatable bonds is 6. The van der Waals surface area contributed by atoms with Gasteiger partial charge in [-0.05, 0) is 73.6 Å². The van der Waals surface area contributed by atoms with Crippen molar-refractivity contribution < 1.29 is 17.9 Å². The Morgan fingerprint density at radius 3 is 2.72 bits per heavy atom. The average Bonchev–Trinajstić information content (AvgIpc) is 3.38. The van der Waals surface area contributed by atoms with Gasteiger partial charge in [-0.15, -0.1) is 0 Å². The third-order valence-electron chi connectivity index (χ3n) is 5.36. The van der Waals surface area contributed by atoms with Gasteiger partial charge in [0.05, 0.1) is 11.1 Å². The summed E-state index contributed by atoms with van der Waals surface area (Å²) in [5.74, 6) is -0.379. The summed E-state index contributed by atoms with van der Waals surface area (Å²) < 4.78 is 33.4. The molecule has 2 aliphatic rings. The number of anilines is 1. The minimum absolute atomic E-state index is 0.0684. The first kappa shape index (κ1) is 20.3. The van der Waals surface area contributed by atoms with Gasteiger partial charge in [0.25, 0.3) is 5.91 Å². The maximum atomic E-state index is 12.7. The van der Waals surface area contributed by atoms with Gasteiger partial charge >= 0.3 is 0 Å². The molecule has 2 N–H and O–H groups in total. The summed E-state index contributed by atoms with van der Waals surface area (Å²) in [5, 5.41) is 2.91. The fourth-order valence-electron chi connectivity index (χ4n) is 3.79. The lowest BCUT2D eigenvalue weighted by Crippen LogP contribution is -2.32. The molecule has 4 rings (SSSR count). The van der Waals surface area contributed by atoms with Crippen LogP contribution in [0.15, 0.2) is 41.3 Å². The van der Waals surface area contributed by atoms with Crippen molar-refractivity contribution in [2.45, 2.75) is 43.1 Å². The van der Waals surface area contributed by atoms with E-state index in [2.05, 4.69) is 10.0 Å². The predicted molar refractivity (Wildman–Crippen MR) is 112 cm³/mol. The molecule has 0 radical (unpaired) electrons. The molecule has 0 saturated carbocycles. The third-order valence-corrected chi connectivity index (χ3v) is 7.27. The fraction of sp³-hybridized carbons (Fsp3) is 0.381. The Labute approximate surface area is 175 Å². The van der Waals surface area contributed by atoms with Gasteiger partial charge in [0.1, 0.15) is 4.90 Å². The molecule has 1 aliphatic heterocycles. The maximum Gasteiger partial charge on any atom is 0.255 e. The van der Waals surface area contributed by atoms with Gasteiger partial charge in [0, 0.05) is 24.4 Å². The highest BCUT2D eigenvalue weighted by Gasteiger charge is 2.23.